The lowest BCUT2D eigenvalue weighted by atomic mass is 9.90. The first-order chi connectivity index (χ1) is 14.0. The van der Waals surface area contributed by atoms with E-state index in [1.807, 2.05) is 18.2 Å². The SMILES string of the molecule is O=C(Nc1cc(S(=O)(=O)NC2CCCCC2)cc2c1CCCC2)c1ccccc1. The highest BCUT2D eigenvalue weighted by Gasteiger charge is 2.25. The first-order valence-corrected chi connectivity index (χ1v) is 12.1. The van der Waals surface area contributed by atoms with Crippen molar-refractivity contribution in [3.63, 3.8) is 0 Å². The van der Waals surface area contributed by atoms with Crippen LogP contribution in [-0.2, 0) is 22.9 Å². The number of nitrogens with one attached hydrogen (secondary N) is 2. The van der Waals surface area contributed by atoms with Gasteiger partial charge in [0.25, 0.3) is 5.91 Å². The molecule has 0 aliphatic heterocycles. The van der Waals surface area contributed by atoms with Crippen molar-refractivity contribution in [2.75, 3.05) is 5.32 Å². The lowest BCUT2D eigenvalue weighted by Gasteiger charge is -2.24. The van der Waals surface area contributed by atoms with Crippen LogP contribution in [0.3, 0.4) is 0 Å². The van der Waals surface area contributed by atoms with E-state index in [1.54, 1.807) is 24.3 Å². The van der Waals surface area contributed by atoms with Crippen molar-refractivity contribution in [1.82, 2.24) is 4.72 Å². The second-order valence-corrected chi connectivity index (χ2v) is 9.81. The summed E-state index contributed by atoms with van der Waals surface area (Å²) in [6, 6.07) is 12.5. The molecular formula is C23H28N2O3S. The molecule has 0 spiro atoms. The Morgan fingerprint density at radius 1 is 0.897 bits per heavy atom. The maximum atomic E-state index is 13.1. The first-order valence-electron chi connectivity index (χ1n) is 10.6. The average molecular weight is 413 g/mol. The number of anilines is 1. The van der Waals surface area contributed by atoms with Crippen molar-refractivity contribution in [3.05, 3.63) is 59.2 Å². The van der Waals surface area contributed by atoms with E-state index in [4.69, 9.17) is 0 Å². The molecule has 2 aromatic carbocycles. The molecule has 0 aromatic heterocycles. The number of aryl methyl sites for hydroxylation is 1. The molecule has 0 atom stereocenters. The molecule has 0 bridgehead atoms. The minimum Gasteiger partial charge on any atom is -0.322 e. The van der Waals surface area contributed by atoms with Gasteiger partial charge in [-0.15, -0.1) is 0 Å². The molecule has 0 radical (unpaired) electrons. The van der Waals surface area contributed by atoms with E-state index in [1.165, 1.54) is 6.42 Å². The Kier molecular flexibility index (Phi) is 6.01. The smallest absolute Gasteiger partial charge is 0.255 e. The average Bonchev–Trinajstić information content (AvgIpc) is 2.74. The molecule has 29 heavy (non-hydrogen) atoms. The molecule has 4 rings (SSSR count). The zero-order chi connectivity index (χ0) is 20.3. The molecule has 5 nitrogen and oxygen atoms in total. The van der Waals surface area contributed by atoms with E-state index < -0.39 is 10.0 Å². The third-order valence-corrected chi connectivity index (χ3v) is 7.46. The minimum absolute atomic E-state index is 0.00661. The van der Waals surface area contributed by atoms with E-state index in [9.17, 15) is 13.2 Å². The minimum atomic E-state index is -3.62. The number of hydrogen-bond acceptors (Lipinski definition) is 3. The van der Waals surface area contributed by atoms with Gasteiger partial charge in [0.05, 0.1) is 4.90 Å². The zero-order valence-corrected chi connectivity index (χ0v) is 17.4. The lowest BCUT2D eigenvalue weighted by molar-refractivity contribution is 0.102. The number of carbonyl (C=O) groups excluding carboxylic acids is 1. The van der Waals surface area contributed by atoms with Crippen LogP contribution in [0.1, 0.15) is 66.4 Å². The van der Waals surface area contributed by atoms with Crippen molar-refractivity contribution in [1.29, 1.82) is 0 Å². The van der Waals surface area contributed by atoms with Gasteiger partial charge in [-0.25, -0.2) is 13.1 Å². The van der Waals surface area contributed by atoms with Crippen LogP contribution in [0.5, 0.6) is 0 Å². The van der Waals surface area contributed by atoms with Gasteiger partial charge >= 0.3 is 0 Å². The Labute approximate surface area is 173 Å². The van der Waals surface area contributed by atoms with Crippen molar-refractivity contribution in [2.45, 2.75) is 68.7 Å². The summed E-state index contributed by atoms with van der Waals surface area (Å²) in [7, 11) is -3.62. The highest BCUT2D eigenvalue weighted by Crippen LogP contribution is 2.32. The predicted octanol–water partition coefficient (Wildman–Crippen LogP) is 4.43. The van der Waals surface area contributed by atoms with Crippen molar-refractivity contribution >= 4 is 21.6 Å². The summed E-state index contributed by atoms with van der Waals surface area (Å²) in [6.45, 7) is 0. The van der Waals surface area contributed by atoms with Crippen LogP contribution in [0, 0.1) is 0 Å². The largest absolute Gasteiger partial charge is 0.322 e. The van der Waals surface area contributed by atoms with Crippen molar-refractivity contribution in [3.8, 4) is 0 Å². The monoisotopic (exact) mass is 412 g/mol. The molecule has 1 saturated carbocycles. The molecule has 2 N–H and O–H groups in total. The summed E-state index contributed by atoms with van der Waals surface area (Å²) in [4.78, 5) is 13.0. The molecule has 6 heteroatoms. The summed E-state index contributed by atoms with van der Waals surface area (Å²) >= 11 is 0. The molecule has 2 aromatic rings. The molecule has 2 aliphatic carbocycles. The summed E-state index contributed by atoms with van der Waals surface area (Å²) in [5.41, 5.74) is 3.29. The number of amides is 1. The third-order valence-electron chi connectivity index (χ3n) is 5.96. The summed E-state index contributed by atoms with van der Waals surface area (Å²) in [6.07, 6.45) is 8.88. The number of rotatable bonds is 5. The van der Waals surface area contributed by atoms with Gasteiger partial charge in [0.15, 0.2) is 0 Å². The molecule has 0 unspecified atom stereocenters. The van der Waals surface area contributed by atoms with Gasteiger partial charge in [-0.2, -0.15) is 0 Å². The van der Waals surface area contributed by atoms with Crippen LogP contribution in [0.4, 0.5) is 5.69 Å². The second kappa shape index (κ2) is 8.67. The predicted molar refractivity (Wildman–Crippen MR) is 115 cm³/mol. The van der Waals surface area contributed by atoms with Gasteiger partial charge in [0.2, 0.25) is 10.0 Å². The number of carbonyl (C=O) groups is 1. The summed E-state index contributed by atoms with van der Waals surface area (Å²) in [5.74, 6) is -0.215. The standard InChI is InChI=1S/C23H28N2O3S/c26-23(17-9-3-1-4-10-17)24-22-16-20(15-18-11-7-8-14-21(18)22)29(27,28)25-19-12-5-2-6-13-19/h1,3-4,9-10,15-16,19,25H,2,5-8,11-14H2,(H,24,26). The number of benzene rings is 2. The number of fused-ring (bicyclic) bond motifs is 1. The van der Waals surface area contributed by atoms with E-state index >= 15 is 0 Å². The normalized spacial score (nSPS) is 17.5. The lowest BCUT2D eigenvalue weighted by Crippen LogP contribution is -2.36. The molecule has 0 heterocycles. The van der Waals surface area contributed by atoms with Crippen molar-refractivity contribution in [2.24, 2.45) is 0 Å². The second-order valence-electron chi connectivity index (χ2n) is 8.09. The Hall–Kier alpha value is -2.18. The van der Waals surface area contributed by atoms with E-state index in [-0.39, 0.29) is 16.8 Å². The first kappa shape index (κ1) is 20.1. The van der Waals surface area contributed by atoms with E-state index in [2.05, 4.69) is 10.0 Å². The summed E-state index contributed by atoms with van der Waals surface area (Å²) < 4.78 is 29.0. The fourth-order valence-electron chi connectivity index (χ4n) is 4.40. The van der Waals surface area contributed by atoms with Gasteiger partial charge < -0.3 is 5.32 Å². The molecule has 2 aliphatic rings. The quantitative estimate of drug-likeness (QED) is 0.763. The Morgan fingerprint density at radius 2 is 1.62 bits per heavy atom. The van der Waals surface area contributed by atoms with Gasteiger partial charge in [-0.05, 0) is 73.9 Å². The number of sulfonamides is 1. The maximum Gasteiger partial charge on any atom is 0.255 e. The van der Waals surface area contributed by atoms with E-state index in [0.717, 1.165) is 62.5 Å². The molecular weight excluding hydrogens is 384 g/mol. The number of hydrogen-bond donors (Lipinski definition) is 2. The van der Waals surface area contributed by atoms with Gasteiger partial charge in [0, 0.05) is 17.3 Å². The molecule has 1 amide bonds. The van der Waals surface area contributed by atoms with Gasteiger partial charge in [-0.3, -0.25) is 4.79 Å². The summed E-state index contributed by atoms with van der Waals surface area (Å²) in [5, 5.41) is 2.97. The highest BCUT2D eigenvalue weighted by molar-refractivity contribution is 7.89. The van der Waals surface area contributed by atoms with Crippen LogP contribution in [-0.4, -0.2) is 20.4 Å². The van der Waals surface area contributed by atoms with Crippen LogP contribution in [0.15, 0.2) is 47.4 Å². The molecule has 154 valence electrons. The highest BCUT2D eigenvalue weighted by atomic mass is 32.2. The topological polar surface area (TPSA) is 75.3 Å². The third kappa shape index (κ3) is 4.70. The van der Waals surface area contributed by atoms with Crippen molar-refractivity contribution < 1.29 is 13.2 Å². The van der Waals surface area contributed by atoms with Gasteiger partial charge in [0.1, 0.15) is 0 Å². The van der Waals surface area contributed by atoms with Crippen LogP contribution >= 0.6 is 0 Å². The zero-order valence-electron chi connectivity index (χ0n) is 16.6. The fraction of sp³-hybridized carbons (Fsp3) is 0.435. The van der Waals surface area contributed by atoms with Gasteiger partial charge in [-0.1, -0.05) is 37.5 Å². The van der Waals surface area contributed by atoms with Crippen LogP contribution in [0.2, 0.25) is 0 Å². The Morgan fingerprint density at radius 3 is 2.38 bits per heavy atom. The van der Waals surface area contributed by atoms with Crippen LogP contribution < -0.4 is 10.0 Å². The maximum absolute atomic E-state index is 13.1. The van der Waals surface area contributed by atoms with E-state index in [0.29, 0.717) is 11.3 Å². The Balaban J connectivity index is 1.65. The fourth-order valence-corrected chi connectivity index (χ4v) is 5.78. The van der Waals surface area contributed by atoms with Crippen LogP contribution in [0.25, 0.3) is 0 Å². The molecule has 1 fully saturated rings. The molecule has 0 saturated heterocycles. The Bertz CT molecular complexity index is 981.